The predicted molar refractivity (Wildman–Crippen MR) is 131 cm³/mol. The van der Waals surface area contributed by atoms with Gasteiger partial charge in [0.15, 0.2) is 0 Å². The number of rotatable bonds is 6. The summed E-state index contributed by atoms with van der Waals surface area (Å²) in [6.07, 6.45) is 0.605. The van der Waals surface area contributed by atoms with E-state index >= 15 is 0 Å². The maximum atomic E-state index is 14.1. The van der Waals surface area contributed by atoms with Crippen molar-refractivity contribution >= 4 is 11.6 Å². The number of nitrogens with one attached hydrogen (secondary N) is 1. The lowest BCUT2D eigenvalue weighted by Gasteiger charge is -2.49. The quantitative estimate of drug-likeness (QED) is 0.579. The van der Waals surface area contributed by atoms with Crippen LogP contribution in [0.15, 0.2) is 66.7 Å². The van der Waals surface area contributed by atoms with Crippen LogP contribution < -0.4 is 15.0 Å². The fourth-order valence-electron chi connectivity index (χ4n) is 5.21. The fraction of sp³-hybridized carbons (Fsp3) is 0.321. The Morgan fingerprint density at radius 2 is 1.86 bits per heavy atom. The van der Waals surface area contributed by atoms with Crippen LogP contribution in [0.4, 0.5) is 14.5 Å². The molecule has 0 aliphatic carbocycles. The zero-order valence-corrected chi connectivity index (χ0v) is 19.7. The summed E-state index contributed by atoms with van der Waals surface area (Å²) < 4.78 is 32.9. The number of carbonyl (C=O) groups excluding carboxylic acids is 1. The zero-order chi connectivity index (χ0) is 24.4. The molecular weight excluding hydrogens is 448 g/mol. The van der Waals surface area contributed by atoms with Gasteiger partial charge in [0.25, 0.3) is 0 Å². The van der Waals surface area contributed by atoms with E-state index in [0.29, 0.717) is 25.1 Å². The molecule has 3 aromatic rings. The van der Waals surface area contributed by atoms with E-state index in [-0.39, 0.29) is 36.0 Å². The highest BCUT2D eigenvalue weighted by Crippen LogP contribution is 2.38. The maximum Gasteiger partial charge on any atom is 0.225 e. The number of piperazine rings is 1. The number of halogens is 2. The van der Waals surface area contributed by atoms with Crippen LogP contribution in [0, 0.1) is 17.6 Å². The molecule has 5 rings (SSSR count). The molecular formula is C28H29F2N3O2. The van der Waals surface area contributed by atoms with Gasteiger partial charge in [0, 0.05) is 50.0 Å². The number of benzene rings is 3. The van der Waals surface area contributed by atoms with Gasteiger partial charge in [0.2, 0.25) is 5.91 Å². The van der Waals surface area contributed by atoms with Gasteiger partial charge in [-0.15, -0.1) is 0 Å². The first-order chi connectivity index (χ1) is 17.0. The third kappa shape index (κ3) is 5.00. The van der Waals surface area contributed by atoms with E-state index in [0.717, 1.165) is 35.7 Å². The number of carbonyl (C=O) groups is 1. The molecule has 1 fully saturated rings. The van der Waals surface area contributed by atoms with Gasteiger partial charge in [0.05, 0.1) is 19.1 Å². The molecule has 1 amide bonds. The Hall–Kier alpha value is -3.45. The van der Waals surface area contributed by atoms with Crippen LogP contribution in [0.1, 0.15) is 16.7 Å². The molecule has 3 aromatic carbocycles. The summed E-state index contributed by atoms with van der Waals surface area (Å²) in [4.78, 5) is 18.1. The van der Waals surface area contributed by atoms with Crippen molar-refractivity contribution in [3.05, 3.63) is 95.1 Å². The van der Waals surface area contributed by atoms with Gasteiger partial charge >= 0.3 is 0 Å². The minimum atomic E-state index is -0.321. The molecule has 0 spiro atoms. The van der Waals surface area contributed by atoms with E-state index in [4.69, 9.17) is 4.74 Å². The zero-order valence-electron chi connectivity index (χ0n) is 19.7. The first-order valence-electron chi connectivity index (χ1n) is 11.9. The van der Waals surface area contributed by atoms with Gasteiger partial charge in [-0.1, -0.05) is 36.4 Å². The SMILES string of the molecule is COc1ccc2c(c1)N1CCN(Cc3ccc(F)cc3)C[C@H]1[C@H](C(=O)NCc1ccccc1F)C2. The number of fused-ring (bicyclic) bond motifs is 3. The Kier molecular flexibility index (Phi) is 6.68. The van der Waals surface area contributed by atoms with Crippen LogP contribution in [0.5, 0.6) is 5.75 Å². The topological polar surface area (TPSA) is 44.8 Å². The second-order valence-corrected chi connectivity index (χ2v) is 9.24. The molecule has 2 aliphatic heterocycles. The molecule has 0 aromatic heterocycles. The molecule has 0 saturated carbocycles. The van der Waals surface area contributed by atoms with Crippen LogP contribution in [0.2, 0.25) is 0 Å². The van der Waals surface area contributed by atoms with E-state index in [1.165, 1.54) is 18.2 Å². The van der Waals surface area contributed by atoms with Crippen molar-refractivity contribution in [1.29, 1.82) is 0 Å². The average Bonchev–Trinajstić information content (AvgIpc) is 2.88. The van der Waals surface area contributed by atoms with Crippen LogP contribution in [-0.2, 0) is 24.3 Å². The molecule has 2 aliphatic rings. The van der Waals surface area contributed by atoms with Crippen molar-refractivity contribution in [1.82, 2.24) is 10.2 Å². The van der Waals surface area contributed by atoms with E-state index in [1.54, 1.807) is 37.4 Å². The normalized spacial score (nSPS) is 19.6. The monoisotopic (exact) mass is 477 g/mol. The minimum Gasteiger partial charge on any atom is -0.497 e. The standard InChI is InChI=1S/C28H29F2N3O2/c1-35-23-11-8-20-14-24(28(34)31-16-21-4-2-3-5-25(21)30)27-18-32(12-13-33(27)26(20)15-23)17-19-6-9-22(29)10-7-19/h2-11,15,24,27H,12-14,16-18H2,1H3,(H,31,34)/t24-,27+/m1/s1. The third-order valence-electron chi connectivity index (χ3n) is 7.08. The smallest absolute Gasteiger partial charge is 0.225 e. The number of nitrogens with zero attached hydrogens (tertiary/aromatic N) is 2. The Labute approximate surface area is 204 Å². The molecule has 1 saturated heterocycles. The molecule has 1 N–H and O–H groups in total. The number of amides is 1. The second kappa shape index (κ2) is 10.0. The van der Waals surface area contributed by atoms with Crippen molar-refractivity contribution in [2.45, 2.75) is 25.6 Å². The summed E-state index contributed by atoms with van der Waals surface area (Å²) >= 11 is 0. The summed E-state index contributed by atoms with van der Waals surface area (Å²) in [7, 11) is 1.65. The lowest BCUT2D eigenvalue weighted by molar-refractivity contribution is -0.126. The molecule has 0 unspecified atom stereocenters. The Balaban J connectivity index is 1.38. The van der Waals surface area contributed by atoms with Gasteiger partial charge in [-0.2, -0.15) is 0 Å². The molecule has 0 bridgehead atoms. The number of methoxy groups -OCH3 is 1. The largest absolute Gasteiger partial charge is 0.497 e. The molecule has 7 heteroatoms. The Bertz CT molecular complexity index is 1200. The highest BCUT2D eigenvalue weighted by molar-refractivity contribution is 5.82. The third-order valence-corrected chi connectivity index (χ3v) is 7.08. The fourth-order valence-corrected chi connectivity index (χ4v) is 5.21. The van der Waals surface area contributed by atoms with Crippen molar-refractivity contribution in [2.75, 3.05) is 31.6 Å². The summed E-state index contributed by atoms with van der Waals surface area (Å²) in [5.41, 5.74) is 3.73. The van der Waals surface area contributed by atoms with Gasteiger partial charge in [-0.05, 0) is 41.8 Å². The van der Waals surface area contributed by atoms with Gasteiger partial charge < -0.3 is 15.0 Å². The van der Waals surface area contributed by atoms with Crippen LogP contribution in [0.3, 0.4) is 0 Å². The Morgan fingerprint density at radius 1 is 1.06 bits per heavy atom. The number of hydrogen-bond acceptors (Lipinski definition) is 4. The summed E-state index contributed by atoms with van der Waals surface area (Å²) in [6, 6.07) is 19.1. The number of hydrogen-bond donors (Lipinski definition) is 1. The van der Waals surface area contributed by atoms with E-state index in [1.807, 2.05) is 18.2 Å². The van der Waals surface area contributed by atoms with E-state index < -0.39 is 0 Å². The molecule has 2 heterocycles. The minimum absolute atomic E-state index is 0.0376. The highest BCUT2D eigenvalue weighted by atomic mass is 19.1. The lowest BCUT2D eigenvalue weighted by Crippen LogP contribution is -2.60. The Morgan fingerprint density at radius 3 is 2.63 bits per heavy atom. The van der Waals surface area contributed by atoms with Crippen LogP contribution >= 0.6 is 0 Å². The molecule has 5 nitrogen and oxygen atoms in total. The number of anilines is 1. The van der Waals surface area contributed by atoms with Crippen LogP contribution in [0.25, 0.3) is 0 Å². The first kappa shape index (κ1) is 23.3. The first-order valence-corrected chi connectivity index (χ1v) is 11.9. The number of ether oxygens (including phenoxy) is 1. The van der Waals surface area contributed by atoms with Gasteiger partial charge in [-0.25, -0.2) is 8.78 Å². The van der Waals surface area contributed by atoms with Crippen molar-refractivity contribution in [2.24, 2.45) is 5.92 Å². The molecule has 35 heavy (non-hydrogen) atoms. The maximum absolute atomic E-state index is 14.1. The molecule has 182 valence electrons. The molecule has 0 radical (unpaired) electrons. The summed E-state index contributed by atoms with van der Waals surface area (Å²) in [5, 5.41) is 2.98. The van der Waals surface area contributed by atoms with E-state index in [2.05, 4.69) is 15.1 Å². The summed E-state index contributed by atoms with van der Waals surface area (Å²) in [5.74, 6) is -0.132. The summed E-state index contributed by atoms with van der Waals surface area (Å²) in [6.45, 7) is 3.14. The van der Waals surface area contributed by atoms with E-state index in [9.17, 15) is 13.6 Å². The average molecular weight is 478 g/mol. The lowest BCUT2D eigenvalue weighted by atomic mass is 9.83. The van der Waals surface area contributed by atoms with Crippen molar-refractivity contribution in [3.63, 3.8) is 0 Å². The second-order valence-electron chi connectivity index (χ2n) is 9.24. The predicted octanol–water partition coefficient (Wildman–Crippen LogP) is 4.15. The van der Waals surface area contributed by atoms with Gasteiger partial charge in [0.1, 0.15) is 17.4 Å². The van der Waals surface area contributed by atoms with Crippen molar-refractivity contribution < 1.29 is 18.3 Å². The highest BCUT2D eigenvalue weighted by Gasteiger charge is 2.41. The van der Waals surface area contributed by atoms with Crippen LogP contribution in [-0.4, -0.2) is 43.6 Å². The van der Waals surface area contributed by atoms with Crippen molar-refractivity contribution in [3.8, 4) is 5.75 Å². The van der Waals surface area contributed by atoms with Gasteiger partial charge in [-0.3, -0.25) is 9.69 Å². The molecule has 2 atom stereocenters.